The van der Waals surface area contributed by atoms with E-state index in [4.69, 9.17) is 0 Å². The summed E-state index contributed by atoms with van der Waals surface area (Å²) in [5.74, 6) is 2.20. The van der Waals surface area contributed by atoms with E-state index >= 15 is 0 Å². The molecule has 4 heteroatoms. The van der Waals surface area contributed by atoms with Crippen molar-refractivity contribution in [2.75, 3.05) is 30.9 Å². The Balaban J connectivity index is 2.52. The maximum Gasteiger partial charge on any atom is 0.156 e. The van der Waals surface area contributed by atoms with Gasteiger partial charge < -0.3 is 0 Å². The average molecular weight is 304 g/mol. The molecule has 0 bridgehead atoms. The van der Waals surface area contributed by atoms with Gasteiger partial charge in [-0.05, 0) is 29.7 Å². The van der Waals surface area contributed by atoms with E-state index in [1.54, 1.807) is 11.8 Å². The summed E-state index contributed by atoms with van der Waals surface area (Å²) in [6.45, 7) is 4.01. The zero-order valence-corrected chi connectivity index (χ0v) is 13.6. The Morgan fingerprint density at radius 2 is 2.00 bits per heavy atom. The summed E-state index contributed by atoms with van der Waals surface area (Å²) >= 11 is 3.64. The van der Waals surface area contributed by atoms with Gasteiger partial charge in [0.15, 0.2) is 5.54 Å². The van der Waals surface area contributed by atoms with Crippen LogP contribution in [0.2, 0.25) is 0 Å². The van der Waals surface area contributed by atoms with E-state index in [0.29, 0.717) is 0 Å². The third-order valence-corrected chi connectivity index (χ3v) is 5.24. The van der Waals surface area contributed by atoms with Crippen LogP contribution in [0.5, 0.6) is 0 Å². The molecule has 1 aliphatic rings. The zero-order valence-electron chi connectivity index (χ0n) is 12.0. The number of benzene rings is 1. The Hall–Kier alpha value is -0.890. The van der Waals surface area contributed by atoms with E-state index in [1.807, 2.05) is 36.2 Å². The SMILES string of the molecule is CSC=C(C)C(C#N)(c1ccccc1)N1CCSCC1. The van der Waals surface area contributed by atoms with E-state index in [0.717, 1.165) is 35.7 Å². The highest BCUT2D eigenvalue weighted by Gasteiger charge is 2.41. The molecule has 1 saturated heterocycles. The monoisotopic (exact) mass is 304 g/mol. The molecule has 0 aliphatic carbocycles. The fraction of sp³-hybridized carbons (Fsp3) is 0.438. The molecule has 0 saturated carbocycles. The number of rotatable bonds is 4. The zero-order chi connectivity index (χ0) is 14.4. The summed E-state index contributed by atoms with van der Waals surface area (Å²) in [6, 6.07) is 12.8. The number of nitriles is 1. The molecule has 1 aromatic carbocycles. The topological polar surface area (TPSA) is 27.0 Å². The molecule has 1 aliphatic heterocycles. The minimum absolute atomic E-state index is 0.620. The first kappa shape index (κ1) is 15.5. The van der Waals surface area contributed by atoms with E-state index in [9.17, 15) is 5.26 Å². The van der Waals surface area contributed by atoms with Gasteiger partial charge in [0.25, 0.3) is 0 Å². The molecule has 1 heterocycles. The molecule has 1 unspecified atom stereocenters. The second-order valence-electron chi connectivity index (χ2n) is 4.82. The highest BCUT2D eigenvalue weighted by atomic mass is 32.2. The molecule has 0 radical (unpaired) electrons. The van der Waals surface area contributed by atoms with Crippen LogP contribution in [0, 0.1) is 11.3 Å². The van der Waals surface area contributed by atoms with Gasteiger partial charge in [-0.2, -0.15) is 17.0 Å². The minimum Gasteiger partial charge on any atom is -0.277 e. The van der Waals surface area contributed by atoms with Gasteiger partial charge in [-0.1, -0.05) is 30.3 Å². The second kappa shape index (κ2) is 7.21. The highest BCUT2D eigenvalue weighted by molar-refractivity contribution is 8.01. The fourth-order valence-electron chi connectivity index (χ4n) is 2.72. The smallest absolute Gasteiger partial charge is 0.156 e. The van der Waals surface area contributed by atoms with Crippen molar-refractivity contribution in [3.8, 4) is 6.07 Å². The number of hydrogen-bond donors (Lipinski definition) is 0. The molecular formula is C16H20N2S2. The lowest BCUT2D eigenvalue weighted by Crippen LogP contribution is -2.50. The Morgan fingerprint density at radius 1 is 1.35 bits per heavy atom. The van der Waals surface area contributed by atoms with Crippen molar-refractivity contribution in [2.45, 2.75) is 12.5 Å². The third-order valence-electron chi connectivity index (χ3n) is 3.70. The van der Waals surface area contributed by atoms with Crippen molar-refractivity contribution in [1.82, 2.24) is 4.90 Å². The van der Waals surface area contributed by atoms with E-state index in [-0.39, 0.29) is 0 Å². The Bertz CT molecular complexity index is 501. The first-order chi connectivity index (χ1) is 9.75. The van der Waals surface area contributed by atoms with Gasteiger partial charge in [0.05, 0.1) is 6.07 Å². The fourth-order valence-corrected chi connectivity index (χ4v) is 4.15. The maximum absolute atomic E-state index is 10.0. The van der Waals surface area contributed by atoms with Crippen molar-refractivity contribution >= 4 is 23.5 Å². The van der Waals surface area contributed by atoms with Crippen molar-refractivity contribution in [3.63, 3.8) is 0 Å². The molecule has 0 amide bonds. The van der Waals surface area contributed by atoms with Gasteiger partial charge in [0, 0.05) is 24.6 Å². The molecule has 106 valence electrons. The summed E-state index contributed by atoms with van der Waals surface area (Å²) in [5, 5.41) is 12.1. The molecule has 0 N–H and O–H groups in total. The van der Waals surface area contributed by atoms with Crippen LogP contribution in [-0.2, 0) is 5.54 Å². The van der Waals surface area contributed by atoms with Gasteiger partial charge in [0.2, 0.25) is 0 Å². The van der Waals surface area contributed by atoms with Gasteiger partial charge in [-0.3, -0.25) is 4.90 Å². The van der Waals surface area contributed by atoms with Gasteiger partial charge in [-0.15, -0.1) is 11.8 Å². The number of nitrogens with zero attached hydrogens (tertiary/aromatic N) is 2. The summed E-state index contributed by atoms with van der Waals surface area (Å²) in [4.78, 5) is 2.33. The lowest BCUT2D eigenvalue weighted by molar-refractivity contribution is 0.185. The molecule has 0 spiro atoms. The Morgan fingerprint density at radius 3 is 2.55 bits per heavy atom. The first-order valence-corrected chi connectivity index (χ1v) is 9.19. The van der Waals surface area contributed by atoms with Gasteiger partial charge >= 0.3 is 0 Å². The number of hydrogen-bond acceptors (Lipinski definition) is 4. The molecule has 20 heavy (non-hydrogen) atoms. The highest BCUT2D eigenvalue weighted by Crippen LogP contribution is 2.37. The largest absolute Gasteiger partial charge is 0.277 e. The van der Waals surface area contributed by atoms with Crippen LogP contribution in [-0.4, -0.2) is 35.8 Å². The predicted octanol–water partition coefficient (Wildman–Crippen LogP) is 3.72. The van der Waals surface area contributed by atoms with Crippen molar-refractivity contribution < 1.29 is 0 Å². The molecule has 1 fully saturated rings. The number of thioether (sulfide) groups is 2. The maximum atomic E-state index is 10.0. The lowest BCUT2D eigenvalue weighted by Gasteiger charge is -2.42. The van der Waals surface area contributed by atoms with Crippen molar-refractivity contribution in [2.24, 2.45) is 0 Å². The Labute approximate surface area is 130 Å². The third kappa shape index (κ3) is 2.90. The summed E-state index contributed by atoms with van der Waals surface area (Å²) in [7, 11) is 0. The van der Waals surface area contributed by atoms with Crippen LogP contribution in [0.3, 0.4) is 0 Å². The minimum atomic E-state index is -0.620. The average Bonchev–Trinajstić information content (AvgIpc) is 2.51. The van der Waals surface area contributed by atoms with E-state index in [2.05, 4.69) is 35.4 Å². The van der Waals surface area contributed by atoms with Crippen LogP contribution in [0.4, 0.5) is 0 Å². The van der Waals surface area contributed by atoms with E-state index < -0.39 is 5.54 Å². The molecule has 2 rings (SSSR count). The summed E-state index contributed by atoms with van der Waals surface area (Å²) in [5.41, 5.74) is 1.58. The van der Waals surface area contributed by atoms with Gasteiger partial charge in [-0.25, -0.2) is 0 Å². The summed E-state index contributed by atoms with van der Waals surface area (Å²) in [6.07, 6.45) is 2.04. The van der Waals surface area contributed by atoms with Crippen molar-refractivity contribution in [1.29, 1.82) is 5.26 Å². The first-order valence-electron chi connectivity index (χ1n) is 6.75. The quantitative estimate of drug-likeness (QED) is 0.847. The molecule has 1 aromatic rings. The summed E-state index contributed by atoms with van der Waals surface area (Å²) < 4.78 is 0. The van der Waals surface area contributed by atoms with Gasteiger partial charge in [0.1, 0.15) is 0 Å². The molecule has 0 aromatic heterocycles. The van der Waals surface area contributed by atoms with Crippen molar-refractivity contribution in [3.05, 3.63) is 46.9 Å². The molecular weight excluding hydrogens is 284 g/mol. The normalized spacial score (nSPS) is 20.1. The van der Waals surface area contributed by atoms with Crippen LogP contribution in [0.15, 0.2) is 41.3 Å². The molecule has 2 nitrogen and oxygen atoms in total. The standard InChI is InChI=1S/C16H20N2S2/c1-14(12-19-2)16(13-17,15-6-4-3-5-7-15)18-8-10-20-11-9-18/h3-7,12H,8-11H2,1-2H3. The van der Waals surface area contributed by atoms with Crippen LogP contribution >= 0.6 is 23.5 Å². The second-order valence-corrected chi connectivity index (χ2v) is 6.76. The lowest BCUT2D eigenvalue weighted by atomic mass is 9.83. The van der Waals surface area contributed by atoms with Crippen LogP contribution in [0.25, 0.3) is 0 Å². The predicted molar refractivity (Wildman–Crippen MR) is 89.9 cm³/mol. The van der Waals surface area contributed by atoms with E-state index in [1.165, 1.54) is 0 Å². The molecule has 1 atom stereocenters. The Kier molecular flexibility index (Phi) is 5.59. The van der Waals surface area contributed by atoms with Crippen LogP contribution in [0.1, 0.15) is 12.5 Å². The van der Waals surface area contributed by atoms with Crippen LogP contribution < -0.4 is 0 Å².